The first-order valence-corrected chi connectivity index (χ1v) is 11.0. The Balaban J connectivity index is 0.00000131. The molecule has 0 radical (unpaired) electrons. The molecule has 1 saturated heterocycles. The summed E-state index contributed by atoms with van der Waals surface area (Å²) in [4.78, 5) is 7.38. The van der Waals surface area contributed by atoms with Gasteiger partial charge < -0.3 is 16.0 Å². The van der Waals surface area contributed by atoms with E-state index >= 15 is 0 Å². The van der Waals surface area contributed by atoms with Gasteiger partial charge in [-0.1, -0.05) is 6.42 Å². The van der Waals surface area contributed by atoms with Gasteiger partial charge in [-0.15, -0.1) is 24.8 Å². The number of aliphatic imine (C=N–C) groups is 1. The minimum absolute atomic E-state index is 0. The summed E-state index contributed by atoms with van der Waals surface area (Å²) in [5.41, 5.74) is 6.66. The fourth-order valence-electron chi connectivity index (χ4n) is 6.65. The highest BCUT2D eigenvalue weighted by Crippen LogP contribution is 2.60. The van der Waals surface area contributed by atoms with E-state index in [1.54, 1.807) is 0 Å². The van der Waals surface area contributed by atoms with Crippen LogP contribution in [0.3, 0.4) is 0 Å². The third kappa shape index (κ3) is 6.14. The van der Waals surface area contributed by atoms with Crippen molar-refractivity contribution in [3.05, 3.63) is 0 Å². The summed E-state index contributed by atoms with van der Waals surface area (Å²) in [5.74, 6) is 3.71. The van der Waals surface area contributed by atoms with E-state index in [1.165, 1.54) is 90.3 Å². The van der Waals surface area contributed by atoms with Crippen LogP contribution in [0.4, 0.5) is 0 Å². The third-order valence-electron chi connectivity index (χ3n) is 7.41. The summed E-state index contributed by atoms with van der Waals surface area (Å²) in [7, 11) is 0. The van der Waals surface area contributed by atoms with E-state index < -0.39 is 0 Å². The lowest BCUT2D eigenvalue weighted by atomic mass is 9.49. The average Bonchev–Trinajstić information content (AvgIpc) is 3.08. The summed E-state index contributed by atoms with van der Waals surface area (Å²) in [6.07, 6.45) is 15.4. The van der Waals surface area contributed by atoms with Crippen molar-refractivity contribution in [2.45, 2.75) is 70.6 Å². The number of hydrogen-bond acceptors (Lipinski definition) is 2. The first kappa shape index (κ1) is 23.1. The lowest BCUT2D eigenvalue weighted by Crippen LogP contribution is -2.48. The Labute approximate surface area is 178 Å². The standard InChI is InChI=1S/C21H38N4.2ClH/c22-20(23-6-2-1-3-7-25-8-4-5-9-25)24-16-21-13-17-10-18(14-21)12-19(11-17)15-21;;/h17-19H,1-16H2,(H3,22,23,24);2*1H. The van der Waals surface area contributed by atoms with Gasteiger partial charge in [0.1, 0.15) is 0 Å². The normalized spacial score (nSPS) is 35.0. The minimum atomic E-state index is 0. The van der Waals surface area contributed by atoms with E-state index in [9.17, 15) is 0 Å². The van der Waals surface area contributed by atoms with Crippen LogP contribution in [0, 0.1) is 23.2 Å². The fraction of sp³-hybridized carbons (Fsp3) is 0.952. The minimum Gasteiger partial charge on any atom is -0.370 e. The summed E-state index contributed by atoms with van der Waals surface area (Å²) >= 11 is 0. The largest absolute Gasteiger partial charge is 0.370 e. The molecule has 27 heavy (non-hydrogen) atoms. The van der Waals surface area contributed by atoms with Crippen LogP contribution in [0.5, 0.6) is 0 Å². The van der Waals surface area contributed by atoms with E-state index in [-0.39, 0.29) is 24.8 Å². The SMILES string of the molecule is Cl.Cl.NC(=NCC12CC3CC(CC(C3)C1)C2)NCCCCCN1CCCC1. The number of likely N-dealkylation sites (tertiary alicyclic amines) is 1. The van der Waals surface area contributed by atoms with E-state index in [2.05, 4.69) is 10.2 Å². The van der Waals surface area contributed by atoms with Crippen molar-refractivity contribution in [3.8, 4) is 0 Å². The second-order valence-electron chi connectivity index (χ2n) is 9.66. The molecule has 4 saturated carbocycles. The van der Waals surface area contributed by atoms with Gasteiger partial charge in [0.2, 0.25) is 0 Å². The molecule has 158 valence electrons. The van der Waals surface area contributed by atoms with Gasteiger partial charge in [-0.05, 0) is 107 Å². The molecule has 4 nitrogen and oxygen atoms in total. The van der Waals surface area contributed by atoms with E-state index in [4.69, 9.17) is 10.7 Å². The Morgan fingerprint density at radius 3 is 2.11 bits per heavy atom. The van der Waals surface area contributed by atoms with Gasteiger partial charge >= 0.3 is 0 Å². The molecule has 0 atom stereocenters. The molecule has 1 heterocycles. The number of rotatable bonds is 8. The fourth-order valence-corrected chi connectivity index (χ4v) is 6.65. The smallest absolute Gasteiger partial charge is 0.188 e. The lowest BCUT2D eigenvalue weighted by molar-refractivity contribution is -0.0465. The summed E-state index contributed by atoms with van der Waals surface area (Å²) in [6, 6.07) is 0. The van der Waals surface area contributed by atoms with Crippen LogP contribution >= 0.6 is 24.8 Å². The highest BCUT2D eigenvalue weighted by atomic mass is 35.5. The number of guanidine groups is 1. The topological polar surface area (TPSA) is 53.6 Å². The molecule has 5 rings (SSSR count). The zero-order valence-corrected chi connectivity index (χ0v) is 18.5. The molecule has 0 aromatic carbocycles. The van der Waals surface area contributed by atoms with Crippen molar-refractivity contribution in [3.63, 3.8) is 0 Å². The molecule has 0 aromatic rings. The molecule has 0 unspecified atom stereocenters. The van der Waals surface area contributed by atoms with Crippen LogP contribution < -0.4 is 11.1 Å². The van der Waals surface area contributed by atoms with Crippen molar-refractivity contribution >= 4 is 30.8 Å². The zero-order chi connectivity index (χ0) is 17.1. The maximum atomic E-state index is 6.15. The van der Waals surface area contributed by atoms with Crippen LogP contribution in [0.15, 0.2) is 4.99 Å². The maximum Gasteiger partial charge on any atom is 0.188 e. The van der Waals surface area contributed by atoms with E-state index in [0.29, 0.717) is 11.4 Å². The summed E-state index contributed by atoms with van der Waals surface area (Å²) < 4.78 is 0. The van der Waals surface area contributed by atoms with Gasteiger partial charge in [-0.3, -0.25) is 4.99 Å². The maximum absolute atomic E-state index is 6.15. The Morgan fingerprint density at radius 2 is 1.52 bits per heavy atom. The number of halogens is 2. The molecular weight excluding hydrogens is 379 g/mol. The number of nitrogens with two attached hydrogens (primary N) is 1. The van der Waals surface area contributed by atoms with Crippen molar-refractivity contribution in [1.82, 2.24) is 10.2 Å². The van der Waals surface area contributed by atoms with Crippen molar-refractivity contribution < 1.29 is 0 Å². The van der Waals surface area contributed by atoms with E-state index in [0.717, 1.165) is 30.8 Å². The van der Waals surface area contributed by atoms with Crippen LogP contribution in [0.1, 0.15) is 70.6 Å². The van der Waals surface area contributed by atoms with Crippen LogP contribution in [-0.2, 0) is 0 Å². The quantitative estimate of drug-likeness (QED) is 0.352. The van der Waals surface area contributed by atoms with Gasteiger partial charge in [-0.25, -0.2) is 0 Å². The van der Waals surface area contributed by atoms with Gasteiger partial charge in [0.15, 0.2) is 5.96 Å². The third-order valence-corrected chi connectivity index (χ3v) is 7.41. The van der Waals surface area contributed by atoms with Gasteiger partial charge in [0.25, 0.3) is 0 Å². The van der Waals surface area contributed by atoms with E-state index in [1.807, 2.05) is 0 Å². The molecule has 0 spiro atoms. The molecule has 0 aromatic heterocycles. The van der Waals surface area contributed by atoms with Crippen LogP contribution in [0.25, 0.3) is 0 Å². The van der Waals surface area contributed by atoms with Crippen molar-refractivity contribution in [1.29, 1.82) is 0 Å². The molecule has 1 aliphatic heterocycles. The number of nitrogens with one attached hydrogen (secondary N) is 1. The Kier molecular flexibility index (Phi) is 9.02. The number of hydrogen-bond donors (Lipinski definition) is 2. The molecular formula is C21H40Cl2N4. The van der Waals surface area contributed by atoms with Crippen molar-refractivity contribution in [2.24, 2.45) is 33.9 Å². The first-order valence-electron chi connectivity index (χ1n) is 11.0. The Hall–Kier alpha value is -0.190. The molecule has 0 amide bonds. The molecule has 3 N–H and O–H groups in total. The highest BCUT2D eigenvalue weighted by Gasteiger charge is 2.50. The molecule has 4 bridgehead atoms. The predicted molar refractivity (Wildman–Crippen MR) is 119 cm³/mol. The Morgan fingerprint density at radius 1 is 0.926 bits per heavy atom. The highest BCUT2D eigenvalue weighted by molar-refractivity contribution is 5.85. The predicted octanol–water partition coefficient (Wildman–Crippen LogP) is 4.22. The number of unbranched alkanes of at least 4 members (excludes halogenated alkanes) is 2. The van der Waals surface area contributed by atoms with Gasteiger partial charge in [0.05, 0.1) is 0 Å². The second-order valence-corrected chi connectivity index (χ2v) is 9.66. The van der Waals surface area contributed by atoms with Crippen LogP contribution in [-0.4, -0.2) is 43.6 Å². The zero-order valence-electron chi connectivity index (χ0n) is 16.8. The molecule has 4 aliphatic carbocycles. The second kappa shape index (κ2) is 10.5. The van der Waals surface area contributed by atoms with Crippen molar-refractivity contribution in [2.75, 3.05) is 32.7 Å². The Bertz CT molecular complexity index is 442. The number of nitrogens with zero attached hydrogens (tertiary/aromatic N) is 2. The average molecular weight is 419 g/mol. The van der Waals surface area contributed by atoms with Gasteiger partial charge in [0, 0.05) is 13.1 Å². The van der Waals surface area contributed by atoms with Gasteiger partial charge in [-0.2, -0.15) is 0 Å². The summed E-state index contributed by atoms with van der Waals surface area (Å²) in [5, 5.41) is 3.36. The summed E-state index contributed by atoms with van der Waals surface area (Å²) in [6.45, 7) is 5.89. The molecule has 6 heteroatoms. The first-order chi connectivity index (χ1) is 12.2. The monoisotopic (exact) mass is 418 g/mol. The molecule has 5 aliphatic rings. The lowest BCUT2D eigenvalue weighted by Gasteiger charge is -2.56. The van der Waals surface area contributed by atoms with Crippen LogP contribution in [0.2, 0.25) is 0 Å². The molecule has 5 fully saturated rings.